The van der Waals surface area contributed by atoms with Crippen molar-refractivity contribution in [2.45, 2.75) is 51.0 Å². The topological polar surface area (TPSA) is 57.2 Å². The molecule has 4 nitrogen and oxygen atoms in total. The highest BCUT2D eigenvalue weighted by Crippen LogP contribution is 2.37. The number of nitrogens with one attached hydrogen (secondary N) is 1. The van der Waals surface area contributed by atoms with Crippen molar-refractivity contribution in [1.29, 1.82) is 0 Å². The molecule has 0 amide bonds. The summed E-state index contributed by atoms with van der Waals surface area (Å²) in [5.41, 5.74) is 1.38. The van der Waals surface area contributed by atoms with Crippen molar-refractivity contribution >= 4 is 23.0 Å². The van der Waals surface area contributed by atoms with Crippen LogP contribution in [0.5, 0.6) is 5.75 Å². The van der Waals surface area contributed by atoms with Crippen LogP contribution in [0.1, 0.15) is 50.8 Å². The lowest BCUT2D eigenvalue weighted by Crippen LogP contribution is -2.41. The van der Waals surface area contributed by atoms with Crippen molar-refractivity contribution < 1.29 is 13.7 Å². The van der Waals surface area contributed by atoms with Crippen molar-refractivity contribution in [3.63, 3.8) is 0 Å². The number of allylic oxidation sites excluding steroid dienone is 1. The fourth-order valence-corrected chi connectivity index (χ4v) is 3.61. The van der Waals surface area contributed by atoms with Crippen LogP contribution in [0, 0.1) is 5.95 Å². The number of pyridine rings is 1. The minimum Gasteiger partial charge on any atom is -0.598 e. The number of nitrogens with zero attached hydrogens (tertiary/aromatic N) is 1. The van der Waals surface area contributed by atoms with E-state index >= 15 is 0 Å². The lowest BCUT2D eigenvalue weighted by Gasteiger charge is -2.29. The highest BCUT2D eigenvalue weighted by atomic mass is 35.5. The Morgan fingerprint density at radius 2 is 2.04 bits per heavy atom. The minimum absolute atomic E-state index is 0.127. The van der Waals surface area contributed by atoms with Crippen molar-refractivity contribution in [2.75, 3.05) is 0 Å². The zero-order chi connectivity index (χ0) is 20.7. The van der Waals surface area contributed by atoms with Crippen LogP contribution in [0.3, 0.4) is 0 Å². The van der Waals surface area contributed by atoms with E-state index in [1.807, 2.05) is 51.1 Å². The normalized spacial score (nSPS) is 13.8. The van der Waals surface area contributed by atoms with E-state index in [1.165, 1.54) is 6.20 Å². The average Bonchev–Trinajstić information content (AvgIpc) is 2.66. The summed E-state index contributed by atoms with van der Waals surface area (Å²) in [5, 5.41) is -0.127. The van der Waals surface area contributed by atoms with Gasteiger partial charge >= 0.3 is 0 Å². The summed E-state index contributed by atoms with van der Waals surface area (Å²) in [6, 6.07) is 9.13. The van der Waals surface area contributed by atoms with E-state index in [0.717, 1.165) is 5.56 Å². The smallest absolute Gasteiger partial charge is 0.232 e. The maximum Gasteiger partial charge on any atom is 0.232 e. The van der Waals surface area contributed by atoms with E-state index in [1.54, 1.807) is 6.08 Å². The predicted octanol–water partition coefficient (Wildman–Crippen LogP) is 5.51. The van der Waals surface area contributed by atoms with Gasteiger partial charge in [-0.05, 0) is 39.2 Å². The molecule has 1 aromatic carbocycles. The van der Waals surface area contributed by atoms with Crippen LogP contribution in [0.4, 0.5) is 4.39 Å². The van der Waals surface area contributed by atoms with E-state index in [2.05, 4.69) is 16.3 Å². The first-order valence-electron chi connectivity index (χ1n) is 9.03. The van der Waals surface area contributed by atoms with Gasteiger partial charge in [-0.2, -0.15) is 4.39 Å². The molecule has 0 bridgehead atoms. The van der Waals surface area contributed by atoms with Gasteiger partial charge in [0.25, 0.3) is 0 Å². The van der Waals surface area contributed by atoms with Crippen LogP contribution in [0.25, 0.3) is 0 Å². The molecule has 2 atom stereocenters. The van der Waals surface area contributed by atoms with E-state index in [4.69, 9.17) is 16.3 Å². The summed E-state index contributed by atoms with van der Waals surface area (Å²) in [6.45, 7) is 9.61. The third kappa shape index (κ3) is 6.21. The number of rotatable bonds is 9. The molecule has 0 fully saturated rings. The van der Waals surface area contributed by atoms with Gasteiger partial charge in [0.15, 0.2) is 0 Å². The number of ether oxygens (including phenoxy) is 1. The van der Waals surface area contributed by atoms with Crippen LogP contribution in [-0.2, 0) is 18.0 Å². The summed E-state index contributed by atoms with van der Waals surface area (Å²) in [5.74, 6) is -0.418. The molecule has 0 radical (unpaired) electrons. The fourth-order valence-electron chi connectivity index (χ4n) is 2.49. The first kappa shape index (κ1) is 22.7. The molecule has 1 heterocycles. The maximum absolute atomic E-state index is 14.2. The molecule has 7 heteroatoms. The molecule has 1 aromatic heterocycles. The van der Waals surface area contributed by atoms with Gasteiger partial charge < -0.3 is 9.29 Å². The van der Waals surface area contributed by atoms with Gasteiger partial charge in [0.1, 0.15) is 22.1 Å². The molecule has 1 unspecified atom stereocenters. The highest BCUT2D eigenvalue weighted by molar-refractivity contribution is 7.90. The Morgan fingerprint density at radius 1 is 1.36 bits per heavy atom. The quantitative estimate of drug-likeness (QED) is 0.327. The number of halogens is 2. The largest absolute Gasteiger partial charge is 0.598 e. The third-order valence-electron chi connectivity index (χ3n) is 4.03. The summed E-state index contributed by atoms with van der Waals surface area (Å²) in [7, 11) is 0. The molecule has 2 aromatic rings. The Balaban J connectivity index is 2.36. The second-order valence-corrected chi connectivity index (χ2v) is 9.71. The number of hydrogen-bond acceptors (Lipinski definition) is 4. The van der Waals surface area contributed by atoms with Crippen molar-refractivity contribution in [3.8, 4) is 5.75 Å². The molecule has 0 saturated carbocycles. The van der Waals surface area contributed by atoms with Gasteiger partial charge in [0, 0.05) is 16.9 Å². The minimum atomic E-state index is -1.38. The van der Waals surface area contributed by atoms with Gasteiger partial charge in [0.2, 0.25) is 5.95 Å². The van der Waals surface area contributed by atoms with Gasteiger partial charge in [-0.15, -0.1) is 11.3 Å². The standard InChI is InChI=1S/C21H26ClFN2O2S/c1-5-6-12-16(25-28(26)21(2,3)4)18-17(13-24-20(23)19(18)22)27-14-15-10-8-7-9-11-15/h5,7-11,13,16,25H,1,6,12,14H2,2-4H3/t16-,28?/m1/s1. The second kappa shape index (κ2) is 10.3. The monoisotopic (exact) mass is 424 g/mol. The first-order valence-corrected chi connectivity index (χ1v) is 10.6. The molecule has 0 saturated heterocycles. The Bertz CT molecular complexity index is 784. The molecule has 2 rings (SSSR count). The molecule has 0 aliphatic carbocycles. The van der Waals surface area contributed by atoms with Crippen LogP contribution in [0.2, 0.25) is 5.02 Å². The summed E-state index contributed by atoms with van der Waals surface area (Å²) < 4.78 is 35.3. The van der Waals surface area contributed by atoms with E-state index in [9.17, 15) is 8.94 Å². The van der Waals surface area contributed by atoms with Crippen LogP contribution in [0.15, 0.2) is 49.2 Å². The van der Waals surface area contributed by atoms with E-state index in [0.29, 0.717) is 24.2 Å². The SMILES string of the molecule is C=CCC[C@@H](N[S+]([O-])C(C)(C)C)c1c(OCc2ccccc2)cnc(F)c1Cl. The molecular weight excluding hydrogens is 399 g/mol. The zero-order valence-electron chi connectivity index (χ0n) is 16.4. The molecule has 0 spiro atoms. The Hall–Kier alpha value is -1.60. The van der Waals surface area contributed by atoms with Crippen molar-refractivity contribution in [1.82, 2.24) is 9.71 Å². The van der Waals surface area contributed by atoms with Gasteiger partial charge in [-0.25, -0.2) is 4.98 Å². The number of aromatic nitrogens is 1. The summed E-state index contributed by atoms with van der Waals surface area (Å²) in [4.78, 5) is 3.69. The second-order valence-electron chi connectivity index (χ2n) is 7.33. The molecule has 152 valence electrons. The maximum atomic E-state index is 14.2. The Morgan fingerprint density at radius 3 is 2.64 bits per heavy atom. The lowest BCUT2D eigenvalue weighted by atomic mass is 10.0. The molecular formula is C21H26ClFN2O2S. The fraction of sp³-hybridized carbons (Fsp3) is 0.381. The zero-order valence-corrected chi connectivity index (χ0v) is 17.9. The molecule has 1 N–H and O–H groups in total. The third-order valence-corrected chi connectivity index (χ3v) is 6.00. The molecule has 0 aliphatic rings. The van der Waals surface area contributed by atoms with E-state index in [-0.39, 0.29) is 11.6 Å². The highest BCUT2D eigenvalue weighted by Gasteiger charge is 2.32. The van der Waals surface area contributed by atoms with E-state index < -0.39 is 28.1 Å². The van der Waals surface area contributed by atoms with Gasteiger partial charge in [-0.3, -0.25) is 0 Å². The molecule has 28 heavy (non-hydrogen) atoms. The van der Waals surface area contributed by atoms with Gasteiger partial charge in [0.05, 0.1) is 12.2 Å². The summed E-state index contributed by atoms with van der Waals surface area (Å²) >= 11 is 4.89. The van der Waals surface area contributed by atoms with Crippen molar-refractivity contribution in [3.05, 3.63) is 71.3 Å². The number of benzene rings is 1. The van der Waals surface area contributed by atoms with Crippen molar-refractivity contribution in [2.24, 2.45) is 0 Å². The average molecular weight is 425 g/mol. The lowest BCUT2D eigenvalue weighted by molar-refractivity contribution is 0.297. The van der Waals surface area contributed by atoms with Gasteiger partial charge in [-0.1, -0.05) is 48.0 Å². The Labute approximate surface area is 174 Å². The van der Waals surface area contributed by atoms with Crippen LogP contribution >= 0.6 is 11.6 Å². The number of hydrogen-bond donors (Lipinski definition) is 1. The first-order chi connectivity index (χ1) is 13.2. The summed E-state index contributed by atoms with van der Waals surface area (Å²) in [6.07, 6.45) is 4.25. The van der Waals surface area contributed by atoms with Crippen LogP contribution in [-0.4, -0.2) is 14.3 Å². The predicted molar refractivity (Wildman–Crippen MR) is 113 cm³/mol. The molecule has 0 aliphatic heterocycles. The van der Waals surface area contributed by atoms with Crippen LogP contribution < -0.4 is 9.46 Å². The Kier molecular flexibility index (Phi) is 8.31.